The van der Waals surface area contributed by atoms with Crippen molar-refractivity contribution >= 4 is 11.0 Å². The monoisotopic (exact) mass is 488 g/mol. The molecule has 0 aliphatic heterocycles. The van der Waals surface area contributed by atoms with Gasteiger partial charge < -0.3 is 14.2 Å². The summed E-state index contributed by atoms with van der Waals surface area (Å²) in [6, 6.07) is 31.2. The van der Waals surface area contributed by atoms with Gasteiger partial charge in [-0.3, -0.25) is 5.41 Å². The fourth-order valence-electron chi connectivity index (χ4n) is 5.82. The molecule has 186 valence electrons. The molecule has 5 heteroatoms. The molecule has 37 heavy (non-hydrogen) atoms. The number of aromatic nitrogens is 3. The van der Waals surface area contributed by atoms with E-state index in [0.717, 1.165) is 72.1 Å². The van der Waals surface area contributed by atoms with Crippen LogP contribution in [-0.2, 0) is 13.0 Å². The van der Waals surface area contributed by atoms with E-state index in [1.807, 2.05) is 22.8 Å². The van der Waals surface area contributed by atoms with Crippen LogP contribution in [0.1, 0.15) is 37.3 Å². The summed E-state index contributed by atoms with van der Waals surface area (Å²) in [6.07, 6.45) is 5.93. The molecule has 0 spiro atoms. The number of hydrogen-bond donors (Lipinski definition) is 2. The number of benzene rings is 3. The van der Waals surface area contributed by atoms with E-state index < -0.39 is 6.10 Å². The Bertz CT molecular complexity index is 1560. The van der Waals surface area contributed by atoms with Gasteiger partial charge >= 0.3 is 0 Å². The molecule has 0 bridgehead atoms. The van der Waals surface area contributed by atoms with Crippen LogP contribution >= 0.6 is 0 Å². The summed E-state index contributed by atoms with van der Waals surface area (Å²) in [4.78, 5) is 4.99. The lowest BCUT2D eigenvalue weighted by Gasteiger charge is -2.29. The normalized spacial score (nSPS) is 17.8. The van der Waals surface area contributed by atoms with Crippen LogP contribution in [0.5, 0.6) is 0 Å². The Morgan fingerprint density at radius 1 is 0.811 bits per heavy atom. The van der Waals surface area contributed by atoms with Crippen molar-refractivity contribution in [1.82, 2.24) is 14.1 Å². The average molecular weight is 489 g/mol. The van der Waals surface area contributed by atoms with Gasteiger partial charge in [0.25, 0.3) is 0 Å². The first-order valence-electron chi connectivity index (χ1n) is 13.2. The smallest absolute Gasteiger partial charge is 0.146 e. The van der Waals surface area contributed by atoms with Gasteiger partial charge in [0.15, 0.2) is 0 Å². The Kier molecular flexibility index (Phi) is 6.46. The minimum absolute atomic E-state index is 0.116. The van der Waals surface area contributed by atoms with Gasteiger partial charge in [0, 0.05) is 12.1 Å². The van der Waals surface area contributed by atoms with Crippen molar-refractivity contribution in [3.63, 3.8) is 0 Å². The van der Waals surface area contributed by atoms with Crippen molar-refractivity contribution in [3.8, 4) is 22.4 Å². The van der Waals surface area contributed by atoms with Gasteiger partial charge in [0.05, 0.1) is 29.6 Å². The molecule has 1 aliphatic carbocycles. The number of aliphatic hydroxyl groups excluding tert-OH is 1. The zero-order valence-corrected chi connectivity index (χ0v) is 20.9. The molecule has 3 aromatic carbocycles. The van der Waals surface area contributed by atoms with Gasteiger partial charge in [-0.25, -0.2) is 4.98 Å². The van der Waals surface area contributed by atoms with E-state index in [0.29, 0.717) is 5.49 Å². The largest absolute Gasteiger partial charge is 0.391 e. The number of nitrogens with one attached hydrogen (secondary N) is 1. The predicted molar refractivity (Wildman–Crippen MR) is 148 cm³/mol. The molecular formula is C32H32N4O. The second-order valence-corrected chi connectivity index (χ2v) is 9.96. The SMILES string of the molecule is N=c1c2c(-c3ccccc3)c(-c3ccccc3)n(CCc3ccccc3)c2ncn1C1CCCCC1O. The molecular weight excluding hydrogens is 456 g/mol. The molecule has 2 atom stereocenters. The molecule has 5 nitrogen and oxygen atoms in total. The highest BCUT2D eigenvalue weighted by atomic mass is 16.3. The quantitative estimate of drug-likeness (QED) is 0.292. The lowest BCUT2D eigenvalue weighted by atomic mass is 9.92. The maximum absolute atomic E-state index is 10.8. The minimum Gasteiger partial charge on any atom is -0.391 e. The van der Waals surface area contributed by atoms with Gasteiger partial charge in [0.2, 0.25) is 0 Å². The van der Waals surface area contributed by atoms with Crippen LogP contribution in [0.15, 0.2) is 97.3 Å². The highest BCUT2D eigenvalue weighted by Crippen LogP contribution is 2.39. The zero-order chi connectivity index (χ0) is 25.2. The zero-order valence-electron chi connectivity index (χ0n) is 20.9. The fourth-order valence-corrected chi connectivity index (χ4v) is 5.82. The molecule has 5 aromatic rings. The van der Waals surface area contributed by atoms with E-state index in [2.05, 4.69) is 77.4 Å². The van der Waals surface area contributed by atoms with Crippen molar-refractivity contribution in [3.05, 3.63) is 108 Å². The molecule has 0 amide bonds. The van der Waals surface area contributed by atoms with Crippen LogP contribution in [-0.4, -0.2) is 25.3 Å². The van der Waals surface area contributed by atoms with E-state index in [4.69, 9.17) is 4.98 Å². The van der Waals surface area contributed by atoms with Gasteiger partial charge in [-0.15, -0.1) is 0 Å². The third kappa shape index (κ3) is 4.40. The lowest BCUT2D eigenvalue weighted by molar-refractivity contribution is 0.0729. The van der Waals surface area contributed by atoms with Crippen molar-refractivity contribution in [2.75, 3.05) is 0 Å². The maximum Gasteiger partial charge on any atom is 0.146 e. The van der Waals surface area contributed by atoms with E-state index in [1.165, 1.54) is 5.56 Å². The summed E-state index contributed by atoms with van der Waals surface area (Å²) >= 11 is 0. The predicted octanol–water partition coefficient (Wildman–Crippen LogP) is 6.37. The van der Waals surface area contributed by atoms with E-state index in [1.54, 1.807) is 6.33 Å². The van der Waals surface area contributed by atoms with Crippen molar-refractivity contribution in [2.24, 2.45) is 0 Å². The van der Waals surface area contributed by atoms with Gasteiger partial charge in [-0.2, -0.15) is 0 Å². The third-order valence-electron chi connectivity index (χ3n) is 7.66. The van der Waals surface area contributed by atoms with Crippen LogP contribution in [0.4, 0.5) is 0 Å². The van der Waals surface area contributed by atoms with Gasteiger partial charge in [-0.05, 0) is 36.0 Å². The second-order valence-electron chi connectivity index (χ2n) is 9.96. The summed E-state index contributed by atoms with van der Waals surface area (Å²) in [5.41, 5.74) is 6.81. The number of nitrogens with zero attached hydrogens (tertiary/aromatic N) is 3. The molecule has 6 rings (SSSR count). The van der Waals surface area contributed by atoms with Crippen molar-refractivity contribution < 1.29 is 5.11 Å². The first-order chi connectivity index (χ1) is 18.2. The van der Waals surface area contributed by atoms with Crippen molar-refractivity contribution in [1.29, 1.82) is 5.41 Å². The third-order valence-corrected chi connectivity index (χ3v) is 7.66. The number of aliphatic hydroxyl groups is 1. The Morgan fingerprint density at radius 3 is 2.11 bits per heavy atom. The molecule has 2 N–H and O–H groups in total. The van der Waals surface area contributed by atoms with Crippen LogP contribution in [0.3, 0.4) is 0 Å². The standard InChI is InChI=1S/C32H32N4O/c33-31-29-28(24-14-6-2-7-15-24)30(25-16-8-3-9-17-25)35(21-20-23-12-4-1-5-13-23)32(29)34-22-36(31)26-18-10-11-19-27(26)37/h1-9,12-17,22,26-27,33,37H,10-11,18-21H2. The van der Waals surface area contributed by atoms with E-state index in [-0.39, 0.29) is 6.04 Å². The number of rotatable bonds is 6. The van der Waals surface area contributed by atoms with Crippen LogP contribution in [0.2, 0.25) is 0 Å². The fraction of sp³-hybridized carbons (Fsp3) is 0.250. The molecule has 0 saturated heterocycles. The summed E-state index contributed by atoms with van der Waals surface area (Å²) in [5.74, 6) is 0. The number of aryl methyl sites for hydroxylation is 2. The lowest BCUT2D eigenvalue weighted by Crippen LogP contribution is -2.35. The Hall–Kier alpha value is -3.96. The summed E-state index contributed by atoms with van der Waals surface area (Å²) in [7, 11) is 0. The highest BCUT2D eigenvalue weighted by Gasteiger charge is 2.28. The minimum atomic E-state index is -0.448. The average Bonchev–Trinajstić information content (AvgIpc) is 3.29. The Balaban J connectivity index is 1.63. The van der Waals surface area contributed by atoms with Crippen LogP contribution < -0.4 is 5.49 Å². The number of hydrogen-bond acceptors (Lipinski definition) is 3. The topological polar surface area (TPSA) is 66.8 Å². The first-order valence-corrected chi connectivity index (χ1v) is 13.2. The molecule has 1 aliphatic rings. The molecule has 2 heterocycles. The summed E-state index contributed by atoms with van der Waals surface area (Å²) < 4.78 is 4.20. The molecule has 1 fully saturated rings. The first kappa shape index (κ1) is 23.4. The molecule has 0 radical (unpaired) electrons. The molecule has 2 aromatic heterocycles. The van der Waals surface area contributed by atoms with Crippen LogP contribution in [0, 0.1) is 5.41 Å². The second kappa shape index (κ2) is 10.2. The molecule has 1 saturated carbocycles. The molecule has 2 unspecified atom stereocenters. The maximum atomic E-state index is 10.8. The van der Waals surface area contributed by atoms with Crippen LogP contribution in [0.25, 0.3) is 33.4 Å². The summed E-state index contributed by atoms with van der Waals surface area (Å²) in [6.45, 7) is 0.750. The van der Waals surface area contributed by atoms with Gasteiger partial charge in [-0.1, -0.05) is 104 Å². The van der Waals surface area contributed by atoms with Gasteiger partial charge in [0.1, 0.15) is 11.1 Å². The Labute approximate surface area is 217 Å². The summed E-state index contributed by atoms with van der Waals surface area (Å²) in [5, 5.41) is 21.1. The van der Waals surface area contributed by atoms with E-state index >= 15 is 0 Å². The highest BCUT2D eigenvalue weighted by molar-refractivity contribution is 6.02. The van der Waals surface area contributed by atoms with Crippen molar-refractivity contribution in [2.45, 2.75) is 50.8 Å². The Morgan fingerprint density at radius 2 is 1.43 bits per heavy atom. The number of fused-ring (bicyclic) bond motifs is 1. The van der Waals surface area contributed by atoms with E-state index in [9.17, 15) is 10.5 Å².